The Morgan fingerprint density at radius 1 is 0.652 bits per heavy atom. The van der Waals surface area contributed by atoms with Crippen LogP contribution >= 0.6 is 0 Å². The maximum absolute atomic E-state index is 7.83. The van der Waals surface area contributed by atoms with Crippen LogP contribution in [-0.4, -0.2) is 59.1 Å². The van der Waals surface area contributed by atoms with Crippen molar-refractivity contribution in [3.05, 3.63) is 0 Å². The van der Waals surface area contributed by atoms with Gasteiger partial charge in [-0.3, -0.25) is 0 Å². The fourth-order valence-corrected chi connectivity index (χ4v) is 2.64. The van der Waals surface area contributed by atoms with Gasteiger partial charge in [0, 0.05) is 0 Å². The maximum atomic E-state index is 7.83. The van der Waals surface area contributed by atoms with Gasteiger partial charge in [0.1, 0.15) is 0 Å². The Balaban J connectivity index is 0. The van der Waals surface area contributed by atoms with Crippen LogP contribution in [0, 0.1) is 0 Å². The summed E-state index contributed by atoms with van der Waals surface area (Å²) in [4.78, 5) is 0. The van der Waals surface area contributed by atoms with E-state index in [-0.39, 0.29) is 0 Å². The van der Waals surface area contributed by atoms with E-state index in [0.717, 1.165) is 0 Å². The normalized spacial score (nSPS) is 12.0. The minimum Gasteiger partial charge on any atom is -0.330 e. The minimum absolute atomic E-state index is 1.21. The van der Waals surface area contributed by atoms with E-state index in [1.165, 1.54) is 89.1 Å². The van der Waals surface area contributed by atoms with Gasteiger partial charge in [-0.15, -0.1) is 0 Å². The molecule has 0 unspecified atom stereocenters. The Morgan fingerprint density at radius 3 is 1.00 bits per heavy atom. The number of aliphatic hydroxyl groups is 3. The third-order valence-electron chi connectivity index (χ3n) is 4.28. The molecule has 0 bridgehead atoms. The summed E-state index contributed by atoms with van der Waals surface area (Å²) in [6.45, 7) is 15.0. The lowest BCUT2D eigenvalue weighted by molar-refractivity contribution is -0.929. The molecule has 4 N–H and O–H groups in total. The lowest BCUT2D eigenvalue weighted by Gasteiger charge is -2.39. The number of nitrogens with one attached hydrogen (secondary N) is 1. The third kappa shape index (κ3) is 16.4. The molecule has 0 aliphatic heterocycles. The second-order valence-corrected chi connectivity index (χ2v) is 6.54. The van der Waals surface area contributed by atoms with Crippen LogP contribution in [0.15, 0.2) is 0 Å². The molecule has 142 valence electrons. The first-order valence-corrected chi connectivity index (χ1v) is 9.51. The Morgan fingerprint density at radius 2 is 0.870 bits per heavy atom. The predicted octanol–water partition coefficient (Wildman–Crippen LogP) is 2.80. The molecule has 0 atom stereocenters. The van der Waals surface area contributed by atoms with Crippen molar-refractivity contribution in [2.24, 2.45) is 0 Å². The van der Waals surface area contributed by atoms with E-state index in [0.29, 0.717) is 0 Å². The monoisotopic (exact) mass is 335 g/mol. The van der Waals surface area contributed by atoms with Crippen LogP contribution in [0.4, 0.5) is 0 Å². The summed E-state index contributed by atoms with van der Waals surface area (Å²) in [5, 5.41) is 25.3. The third-order valence-corrected chi connectivity index (χ3v) is 4.28. The van der Waals surface area contributed by atoms with Gasteiger partial charge in [0.15, 0.2) is 0 Å². The van der Waals surface area contributed by atoms with Crippen LogP contribution in [0.5, 0.6) is 0 Å². The zero-order valence-corrected chi connectivity index (χ0v) is 16.3. The summed E-state index contributed by atoms with van der Waals surface area (Å²) in [6.07, 6.45) is 8.35. The molecular weight excluding hydrogens is 292 g/mol. The van der Waals surface area contributed by atoms with E-state index in [4.69, 9.17) is 15.3 Å². The molecule has 23 heavy (non-hydrogen) atoms. The Labute approximate surface area is 144 Å². The summed E-state index contributed by atoms with van der Waals surface area (Å²) in [5.41, 5.74) is 0. The molecule has 5 heteroatoms. The topological polar surface area (TPSA) is 72.7 Å². The van der Waals surface area contributed by atoms with E-state index < -0.39 is 6.10 Å². The van der Waals surface area contributed by atoms with Crippen molar-refractivity contribution in [3.63, 3.8) is 0 Å². The molecule has 0 aliphatic carbocycles. The average Bonchev–Trinajstić information content (AvgIpc) is 2.53. The fraction of sp³-hybridized carbons (Fsp3) is 1.00. The first-order valence-electron chi connectivity index (χ1n) is 9.51. The highest BCUT2D eigenvalue weighted by atomic mass is 16.7. The Bertz CT molecular complexity index is 205. The minimum atomic E-state index is -2.71. The number of rotatable bonds is 13. The highest BCUT2D eigenvalue weighted by Crippen LogP contribution is 2.16. The highest BCUT2D eigenvalue weighted by molar-refractivity contribution is 4.49. The SMILES string of the molecule is CCCC[N+](CCCC)(CCCC)CCCC.CNC(O)(O)O. The van der Waals surface area contributed by atoms with Crippen LogP contribution < -0.4 is 5.32 Å². The predicted molar refractivity (Wildman–Crippen MR) is 97.8 cm³/mol. The highest BCUT2D eigenvalue weighted by Gasteiger charge is 2.24. The Kier molecular flexibility index (Phi) is 16.7. The van der Waals surface area contributed by atoms with Crippen LogP contribution in [0.2, 0.25) is 0 Å². The second-order valence-electron chi connectivity index (χ2n) is 6.54. The van der Waals surface area contributed by atoms with Crippen LogP contribution in [0.3, 0.4) is 0 Å². The van der Waals surface area contributed by atoms with Crippen molar-refractivity contribution in [2.75, 3.05) is 33.2 Å². The molecular formula is C18H43N2O3+. The van der Waals surface area contributed by atoms with E-state index in [2.05, 4.69) is 27.7 Å². The molecule has 0 aromatic heterocycles. The smallest absolute Gasteiger partial charge is 0.330 e. The van der Waals surface area contributed by atoms with Gasteiger partial charge in [-0.2, -0.15) is 0 Å². The summed E-state index contributed by atoms with van der Waals surface area (Å²) >= 11 is 0. The van der Waals surface area contributed by atoms with Crippen molar-refractivity contribution in [1.82, 2.24) is 5.32 Å². The fourth-order valence-electron chi connectivity index (χ4n) is 2.64. The zero-order valence-electron chi connectivity index (χ0n) is 16.3. The summed E-state index contributed by atoms with van der Waals surface area (Å²) in [7, 11) is 1.21. The van der Waals surface area contributed by atoms with Crippen LogP contribution in [0.1, 0.15) is 79.1 Å². The molecule has 0 heterocycles. The van der Waals surface area contributed by atoms with Gasteiger partial charge in [-0.05, 0) is 32.7 Å². The van der Waals surface area contributed by atoms with Crippen molar-refractivity contribution < 1.29 is 19.8 Å². The van der Waals surface area contributed by atoms with E-state index >= 15 is 0 Å². The molecule has 0 rings (SSSR count). The molecule has 0 aromatic rings. The Hall–Kier alpha value is -0.200. The molecule has 0 aromatic carbocycles. The number of unbranched alkanes of at least 4 members (excludes halogenated alkanes) is 4. The summed E-state index contributed by atoms with van der Waals surface area (Å²) < 4.78 is 1.42. The van der Waals surface area contributed by atoms with Crippen molar-refractivity contribution in [1.29, 1.82) is 0 Å². The van der Waals surface area contributed by atoms with Gasteiger partial charge >= 0.3 is 6.10 Å². The lowest BCUT2D eigenvalue weighted by atomic mass is 10.1. The van der Waals surface area contributed by atoms with Crippen molar-refractivity contribution in [3.8, 4) is 0 Å². The number of quaternary nitrogens is 1. The van der Waals surface area contributed by atoms with Gasteiger partial charge in [0.25, 0.3) is 0 Å². The molecule has 0 aliphatic rings. The maximum Gasteiger partial charge on any atom is 0.342 e. The van der Waals surface area contributed by atoms with E-state index in [1.54, 1.807) is 5.32 Å². The van der Waals surface area contributed by atoms with Gasteiger partial charge in [-0.1, -0.05) is 53.4 Å². The van der Waals surface area contributed by atoms with Crippen LogP contribution in [-0.2, 0) is 0 Å². The van der Waals surface area contributed by atoms with Crippen LogP contribution in [0.25, 0.3) is 0 Å². The number of hydrogen-bond acceptors (Lipinski definition) is 4. The van der Waals surface area contributed by atoms with Gasteiger partial charge < -0.3 is 19.8 Å². The zero-order chi connectivity index (χ0) is 18.2. The molecule has 0 spiro atoms. The largest absolute Gasteiger partial charge is 0.342 e. The first kappa shape index (κ1) is 25.0. The molecule has 5 nitrogen and oxygen atoms in total. The molecule has 0 radical (unpaired) electrons. The number of nitrogens with zero attached hydrogens (tertiary/aromatic N) is 1. The standard InChI is InChI=1S/C16H36N.C2H7NO3/c1-5-9-13-17(14-10-6-2,15-11-7-3)16-12-8-4;1-3-2(4,5)6/h5-16H2,1-4H3;3-6H,1H3/q+1;. The van der Waals surface area contributed by atoms with E-state index in [1.807, 2.05) is 0 Å². The van der Waals surface area contributed by atoms with Crippen molar-refractivity contribution >= 4 is 0 Å². The average molecular weight is 336 g/mol. The molecule has 0 fully saturated rings. The lowest BCUT2D eigenvalue weighted by Crippen LogP contribution is -2.50. The first-order chi connectivity index (χ1) is 10.8. The quantitative estimate of drug-likeness (QED) is 0.308. The number of hydrogen-bond donors (Lipinski definition) is 4. The summed E-state index contributed by atoms with van der Waals surface area (Å²) in [5.74, 6) is 0. The molecule has 0 amide bonds. The molecule has 0 saturated carbocycles. The van der Waals surface area contributed by atoms with Gasteiger partial charge in [-0.25, -0.2) is 5.32 Å². The summed E-state index contributed by atoms with van der Waals surface area (Å²) in [6, 6.07) is 0. The van der Waals surface area contributed by atoms with Gasteiger partial charge in [0.2, 0.25) is 0 Å². The van der Waals surface area contributed by atoms with Crippen molar-refractivity contribution in [2.45, 2.75) is 85.2 Å². The van der Waals surface area contributed by atoms with E-state index in [9.17, 15) is 0 Å². The molecule has 0 saturated heterocycles. The second kappa shape index (κ2) is 15.3. The van der Waals surface area contributed by atoms with Gasteiger partial charge in [0.05, 0.1) is 26.2 Å².